The molecule has 5 rings (SSSR count). The van der Waals surface area contributed by atoms with E-state index in [1.165, 1.54) is 26.5 Å². The molecule has 0 spiro atoms. The molecule has 0 bridgehead atoms. The molecule has 3 aromatic rings. The zero-order valence-electron chi connectivity index (χ0n) is 55.0. The lowest BCUT2D eigenvalue weighted by molar-refractivity contribution is -0.144. The molecule has 2 aliphatic rings. The quantitative estimate of drug-likeness (QED) is 0.0277. The molecule has 2 saturated heterocycles. The Balaban J connectivity index is 1.24. The largest absolute Gasteiger partial charge is 0.480 e. The molecule has 24 nitrogen and oxygen atoms in total. The number of carboxylic acid groups (broad SMARTS) is 1. The Hall–Kier alpha value is -5.53. The van der Waals surface area contributed by atoms with E-state index in [9.17, 15) is 53.1 Å². The van der Waals surface area contributed by atoms with Crippen molar-refractivity contribution in [1.82, 2.24) is 51.6 Å². The highest BCUT2D eigenvalue weighted by Gasteiger charge is 2.45. The molecule has 0 aliphatic carbocycles. The predicted molar refractivity (Wildman–Crippen MR) is 375 cm³/mol. The van der Waals surface area contributed by atoms with E-state index in [2.05, 4.69) is 57.7 Å². The number of nitrogens with one attached hydrogen (secondary N) is 7. The molecule has 0 radical (unpaired) electrons. The highest BCUT2D eigenvalue weighted by molar-refractivity contribution is 8.77. The number of aromatic amines is 1. The number of nitrogens with two attached hydrogens (primary N) is 3. The molecule has 93 heavy (non-hydrogen) atoms. The summed E-state index contributed by atoms with van der Waals surface area (Å²) in [6.45, 7) is 13.0. The number of benzene rings is 2. The van der Waals surface area contributed by atoms with Crippen LogP contribution in [-0.2, 0) is 60.1 Å². The first-order valence-electron chi connectivity index (χ1n) is 31.9. The van der Waals surface area contributed by atoms with Crippen LogP contribution >= 0.6 is 54.9 Å². The van der Waals surface area contributed by atoms with Gasteiger partial charge >= 0.3 is 5.97 Å². The van der Waals surface area contributed by atoms with Crippen LogP contribution in [-0.4, -0.2) is 205 Å². The van der Waals surface area contributed by atoms with E-state index >= 15 is 0 Å². The molecular formula is C64H99N13O11S5. The van der Waals surface area contributed by atoms with Gasteiger partial charge in [0.1, 0.15) is 36.3 Å². The van der Waals surface area contributed by atoms with E-state index in [4.69, 9.17) is 17.2 Å². The third-order valence-electron chi connectivity index (χ3n) is 15.9. The maximum Gasteiger partial charge on any atom is 0.320 e. The zero-order valence-corrected chi connectivity index (χ0v) is 59.0. The summed E-state index contributed by atoms with van der Waals surface area (Å²) in [6, 6.07) is 8.33. The normalized spacial score (nSPS) is 17.6. The number of hydrogen-bond donors (Lipinski definition) is 11. The minimum absolute atomic E-state index is 0.0187. The Morgan fingerprint density at radius 1 is 0.710 bits per heavy atom. The summed E-state index contributed by atoms with van der Waals surface area (Å²) in [7, 11) is 9.76. The number of amides is 8. The molecule has 3 heterocycles. The van der Waals surface area contributed by atoms with Crippen LogP contribution < -0.4 is 49.1 Å². The number of para-hydroxylation sites is 1. The number of thioether (sulfide) groups is 1. The predicted octanol–water partition coefficient (Wildman–Crippen LogP) is 4.43. The van der Waals surface area contributed by atoms with Crippen molar-refractivity contribution in [2.45, 2.75) is 195 Å². The molecule has 2 aromatic carbocycles. The van der Waals surface area contributed by atoms with Crippen molar-refractivity contribution in [2.75, 3.05) is 58.3 Å². The summed E-state index contributed by atoms with van der Waals surface area (Å²) in [6.07, 6.45) is 5.57. The third-order valence-corrected chi connectivity index (χ3v) is 23.7. The standard InChI is InChI=1S/C64H99N13O11S5/c1-40(37-90-92-63(2,3)4)70-60(85)48(32-42-35-68-45-23-13-12-22-43(42)45)73-58(83)47(25-15-17-29-75(7)8)72-54(79)36-69-57(82)44(66)39-91-93-64(5,6)52(76-30-19-27-51(76)62(87)88)34-53(78)71-46(24-14-16-28-65)59(84)74-49(61(86)77-31-18-26-50(77)56(67)81)33-55(80)89-38-41-20-10-9-11-21-41/h9-13,20-23,35,40,44,46-52,68H,14-19,24-34,36-39,65-66H2,1-8H3,(H2,67,81)(H,69,82)(H,70,85)(H,71,78)(H,72,79)(H,73,83)(H,74,84)(H,87,88)/t40-,44+,46+,47+,48+,49+,50+,51?,52+/m1/s1. The summed E-state index contributed by atoms with van der Waals surface area (Å²) in [5, 5.41) is 27.9. The Bertz CT molecular complexity index is 2970. The van der Waals surface area contributed by atoms with Gasteiger partial charge in [0.15, 0.2) is 5.12 Å². The fraction of sp³-hybridized carbons (Fsp3) is 0.625. The van der Waals surface area contributed by atoms with Crippen LogP contribution in [0.1, 0.15) is 130 Å². The topological polar surface area (TPSA) is 367 Å². The minimum atomic E-state index is -1.39. The molecule has 29 heteroatoms. The number of hydrogen-bond acceptors (Lipinski definition) is 19. The van der Waals surface area contributed by atoms with Crippen LogP contribution in [0.25, 0.3) is 10.9 Å². The van der Waals surface area contributed by atoms with E-state index in [-0.39, 0.29) is 59.8 Å². The SMILES string of the molecule is C[C@H](CSSC(C)(C)C)NC(=O)[C@H](Cc1c[nH]c2ccccc12)NC(=O)[C@H](CCCCN(C)C)NC(=O)CNC(=O)[C@@H](N)CSSC(C)(C)[C@H](CC(=O)N[C@@H](CCCCN)C(=O)N[C@@H](CC(=O)SCc1ccccc1)C(=O)N1CCC[C@H]1C(N)=O)N1CCCC1C(=O)O. The van der Waals surface area contributed by atoms with Gasteiger partial charge in [0.2, 0.25) is 47.3 Å². The highest BCUT2D eigenvalue weighted by atomic mass is 33.1. The molecule has 9 atom stereocenters. The Kier molecular flexibility index (Phi) is 32.7. The molecule has 8 amide bonds. The Morgan fingerprint density at radius 3 is 1.98 bits per heavy atom. The van der Waals surface area contributed by atoms with Gasteiger partial charge in [-0.2, -0.15) is 0 Å². The number of nitrogens with zero attached hydrogens (tertiary/aromatic N) is 3. The van der Waals surface area contributed by atoms with Gasteiger partial charge in [-0.3, -0.25) is 52.8 Å². The molecule has 2 fully saturated rings. The van der Waals surface area contributed by atoms with E-state index < -0.39 is 113 Å². The molecule has 2 aliphatic heterocycles. The van der Waals surface area contributed by atoms with E-state index in [0.29, 0.717) is 69.5 Å². The number of fused-ring (bicyclic) bond motifs is 1. The fourth-order valence-electron chi connectivity index (χ4n) is 11.0. The van der Waals surface area contributed by atoms with Gasteiger partial charge in [0.25, 0.3) is 0 Å². The second kappa shape index (κ2) is 38.9. The maximum absolute atomic E-state index is 14.4. The Morgan fingerprint density at radius 2 is 1.32 bits per heavy atom. The maximum atomic E-state index is 14.4. The van der Waals surface area contributed by atoms with Gasteiger partial charge in [0.05, 0.1) is 12.6 Å². The average molecular weight is 1390 g/mol. The van der Waals surface area contributed by atoms with Crippen LogP contribution in [0.5, 0.6) is 0 Å². The number of unbranched alkanes of at least 4 members (excludes halogenated alkanes) is 2. The number of likely N-dealkylation sites (tertiary alicyclic amines) is 2. The molecule has 516 valence electrons. The zero-order chi connectivity index (χ0) is 68.4. The van der Waals surface area contributed by atoms with E-state index in [1.54, 1.807) is 26.5 Å². The third kappa shape index (κ3) is 26.5. The van der Waals surface area contributed by atoms with Crippen molar-refractivity contribution in [3.8, 4) is 0 Å². The van der Waals surface area contributed by atoms with Gasteiger partial charge in [0, 0.05) is 81.7 Å². The number of aliphatic carboxylic acids is 1. The van der Waals surface area contributed by atoms with Crippen LogP contribution in [0.15, 0.2) is 60.8 Å². The first kappa shape index (κ1) is 78.2. The molecule has 0 saturated carbocycles. The van der Waals surface area contributed by atoms with Gasteiger partial charge in [-0.25, -0.2) is 0 Å². The molecule has 1 aromatic heterocycles. The first-order valence-corrected chi connectivity index (χ1v) is 37.5. The lowest BCUT2D eigenvalue weighted by Gasteiger charge is -2.41. The van der Waals surface area contributed by atoms with Gasteiger partial charge in [-0.05, 0) is 136 Å². The summed E-state index contributed by atoms with van der Waals surface area (Å²) in [4.78, 5) is 146. The van der Waals surface area contributed by atoms with Crippen molar-refractivity contribution in [1.29, 1.82) is 0 Å². The second-order valence-corrected chi connectivity index (χ2v) is 32.8. The summed E-state index contributed by atoms with van der Waals surface area (Å²) in [5.74, 6) is -5.00. The number of aromatic nitrogens is 1. The summed E-state index contributed by atoms with van der Waals surface area (Å²) < 4.78 is -0.889. The number of carboxylic acids is 1. The summed E-state index contributed by atoms with van der Waals surface area (Å²) >= 11 is 0.982. The van der Waals surface area contributed by atoms with E-state index in [0.717, 1.165) is 46.8 Å². The van der Waals surface area contributed by atoms with E-state index in [1.807, 2.05) is 101 Å². The average Bonchev–Trinajstić information content (AvgIpc) is 1.82. The number of H-pyrrole nitrogens is 1. The van der Waals surface area contributed by atoms with Crippen LogP contribution in [0.2, 0.25) is 0 Å². The first-order chi connectivity index (χ1) is 44.1. The number of rotatable bonds is 40. The van der Waals surface area contributed by atoms with Crippen molar-refractivity contribution >= 4 is 124 Å². The summed E-state index contributed by atoms with van der Waals surface area (Å²) in [5.41, 5.74) is 20.5. The minimum Gasteiger partial charge on any atom is -0.480 e. The number of carbonyl (C=O) groups excluding carboxylic acids is 9. The fourth-order valence-corrected chi connectivity index (χ4v) is 17.3. The Labute approximate surface area is 567 Å². The monoisotopic (exact) mass is 1390 g/mol. The molecular weight excluding hydrogens is 1290 g/mol. The second-order valence-electron chi connectivity index (χ2n) is 25.6. The lowest BCUT2D eigenvalue weighted by atomic mass is 9.96. The van der Waals surface area contributed by atoms with Crippen molar-refractivity contribution in [2.24, 2.45) is 17.2 Å². The van der Waals surface area contributed by atoms with Gasteiger partial charge in [-0.1, -0.05) is 124 Å². The smallest absolute Gasteiger partial charge is 0.320 e. The van der Waals surface area contributed by atoms with Crippen molar-refractivity contribution < 1.29 is 53.1 Å². The van der Waals surface area contributed by atoms with Crippen molar-refractivity contribution in [3.05, 3.63) is 71.9 Å². The van der Waals surface area contributed by atoms with Crippen LogP contribution in [0.4, 0.5) is 0 Å². The van der Waals surface area contributed by atoms with Crippen LogP contribution in [0.3, 0.4) is 0 Å². The highest BCUT2D eigenvalue weighted by Crippen LogP contribution is 2.43. The van der Waals surface area contributed by atoms with Crippen LogP contribution in [0, 0.1) is 0 Å². The lowest BCUT2D eigenvalue weighted by Crippen LogP contribution is -2.57. The number of carbonyl (C=O) groups is 10. The molecule has 1 unspecified atom stereocenters. The number of primary amides is 1. The van der Waals surface area contributed by atoms with Gasteiger partial charge in [-0.15, -0.1) is 0 Å². The molecule has 14 N–H and O–H groups in total. The van der Waals surface area contributed by atoms with Crippen molar-refractivity contribution in [3.63, 3.8) is 0 Å². The van der Waals surface area contributed by atoms with Gasteiger partial charge < -0.3 is 69.0 Å².